The Balaban J connectivity index is 3.26. The molecule has 0 rings (SSSR count). The van der Waals surface area contributed by atoms with Gasteiger partial charge in [0.25, 0.3) is 0 Å². The maximum absolute atomic E-state index is 5.29. The Morgan fingerprint density at radius 2 is 2.29 bits per heavy atom. The van der Waals surface area contributed by atoms with Crippen LogP contribution in [0.1, 0.15) is 20.3 Å². The van der Waals surface area contributed by atoms with Gasteiger partial charge < -0.3 is 0 Å². The lowest BCUT2D eigenvalue weighted by atomic mass is 10.2. The van der Waals surface area contributed by atoms with Gasteiger partial charge in [-0.05, 0) is 13.8 Å². The van der Waals surface area contributed by atoms with Crippen LogP contribution in [0.5, 0.6) is 0 Å². The van der Waals surface area contributed by atoms with E-state index >= 15 is 0 Å². The normalized spacial score (nSPS) is 6.57. The van der Waals surface area contributed by atoms with Crippen LogP contribution in [0.2, 0.25) is 0 Å². The number of rotatable bonds is 1. The fraction of sp³-hybridized carbons (Fsp3) is 0.429. The first kappa shape index (κ1) is 6.30. The molecule has 0 saturated heterocycles. The molecule has 0 aromatic carbocycles. The molecule has 1 radical (unpaired) electrons. The van der Waals surface area contributed by atoms with Crippen molar-refractivity contribution in [1.29, 1.82) is 0 Å². The largest absolute Gasteiger partial charge is 0.106 e. The molecule has 0 aromatic rings. The molecule has 0 heteroatoms. The molecule has 0 spiro atoms. The molecule has 0 aromatic heterocycles. The fourth-order valence-electron chi connectivity index (χ4n) is 0.228. The van der Waals surface area contributed by atoms with Crippen molar-refractivity contribution in [3.63, 3.8) is 0 Å². The van der Waals surface area contributed by atoms with Crippen molar-refractivity contribution in [3.8, 4) is 11.8 Å². The second-order valence-corrected chi connectivity index (χ2v) is 1.45. The van der Waals surface area contributed by atoms with E-state index < -0.39 is 0 Å². The number of allylic oxidation sites excluding steroid dienone is 1. The smallest absolute Gasteiger partial charge is 0.0299 e. The lowest BCUT2D eigenvalue weighted by molar-refractivity contribution is 1.26. The average molecular weight is 93.1 g/mol. The molecule has 0 fully saturated rings. The Morgan fingerprint density at radius 3 is 2.43 bits per heavy atom. The van der Waals surface area contributed by atoms with Crippen LogP contribution in [0, 0.1) is 18.4 Å². The van der Waals surface area contributed by atoms with E-state index in [0.717, 1.165) is 12.0 Å². The van der Waals surface area contributed by atoms with Crippen LogP contribution < -0.4 is 0 Å². The Labute approximate surface area is 45.2 Å². The molecule has 0 bridgehead atoms. The SMILES string of the molecule is [CH]=C(C)CC#CC. The van der Waals surface area contributed by atoms with Crippen LogP contribution in [0.25, 0.3) is 0 Å². The lowest BCUT2D eigenvalue weighted by Gasteiger charge is -1.80. The van der Waals surface area contributed by atoms with Gasteiger partial charge in [0.2, 0.25) is 0 Å². The topological polar surface area (TPSA) is 0 Å². The Kier molecular flexibility index (Phi) is 3.14. The molecule has 7 heavy (non-hydrogen) atoms. The third-order valence-electron chi connectivity index (χ3n) is 0.544. The first-order chi connectivity index (χ1) is 3.27. The maximum atomic E-state index is 5.29. The second kappa shape index (κ2) is 3.49. The molecule has 0 heterocycles. The monoisotopic (exact) mass is 93.1 g/mol. The van der Waals surface area contributed by atoms with E-state index in [1.165, 1.54) is 0 Å². The molecular formula is C7H9. The summed E-state index contributed by atoms with van der Waals surface area (Å²) >= 11 is 0. The summed E-state index contributed by atoms with van der Waals surface area (Å²) in [6, 6.07) is 0. The molecule has 0 amide bonds. The van der Waals surface area contributed by atoms with Crippen molar-refractivity contribution in [2.45, 2.75) is 20.3 Å². The highest BCUT2D eigenvalue weighted by molar-refractivity contribution is 5.05. The molecule has 0 nitrogen and oxygen atoms in total. The summed E-state index contributed by atoms with van der Waals surface area (Å²) in [6.45, 7) is 8.97. The third kappa shape index (κ3) is 5.30. The molecule has 0 aliphatic heterocycles. The predicted octanol–water partition coefficient (Wildman–Crippen LogP) is 1.78. The highest BCUT2D eigenvalue weighted by atomic mass is 13.8. The van der Waals surface area contributed by atoms with Gasteiger partial charge in [0, 0.05) is 6.42 Å². The summed E-state index contributed by atoms with van der Waals surface area (Å²) < 4.78 is 0. The fourth-order valence-corrected chi connectivity index (χ4v) is 0.228. The first-order valence-electron chi connectivity index (χ1n) is 2.25. The first-order valence-corrected chi connectivity index (χ1v) is 2.25. The zero-order chi connectivity index (χ0) is 5.70. The van der Waals surface area contributed by atoms with Crippen LogP contribution in [0.15, 0.2) is 5.57 Å². The highest BCUT2D eigenvalue weighted by Gasteiger charge is 1.73. The molecule has 0 aliphatic carbocycles. The van der Waals surface area contributed by atoms with Crippen molar-refractivity contribution in [2.24, 2.45) is 0 Å². The summed E-state index contributed by atoms with van der Waals surface area (Å²) in [5, 5.41) is 0. The summed E-state index contributed by atoms with van der Waals surface area (Å²) in [4.78, 5) is 0. The Bertz CT molecular complexity index is 110. The van der Waals surface area contributed by atoms with E-state index in [1.807, 2.05) is 13.8 Å². The van der Waals surface area contributed by atoms with Crippen molar-refractivity contribution < 1.29 is 0 Å². The van der Waals surface area contributed by atoms with E-state index in [9.17, 15) is 0 Å². The average Bonchev–Trinajstić information content (AvgIpc) is 1.61. The lowest BCUT2D eigenvalue weighted by Crippen LogP contribution is -1.65. The molecule has 0 saturated carbocycles. The van der Waals surface area contributed by atoms with Gasteiger partial charge in [-0.1, -0.05) is 18.1 Å². The van der Waals surface area contributed by atoms with E-state index in [0.29, 0.717) is 0 Å². The minimum Gasteiger partial charge on any atom is -0.106 e. The standard InChI is InChI=1S/C7H9/c1-4-5-6-7(2)3/h2H,6H2,1,3H3. The summed E-state index contributed by atoms with van der Waals surface area (Å²) in [7, 11) is 0. The summed E-state index contributed by atoms with van der Waals surface area (Å²) in [5.74, 6) is 5.58. The van der Waals surface area contributed by atoms with Crippen LogP contribution in [-0.4, -0.2) is 0 Å². The van der Waals surface area contributed by atoms with E-state index in [4.69, 9.17) is 6.58 Å². The van der Waals surface area contributed by atoms with Gasteiger partial charge in [0.05, 0.1) is 0 Å². The third-order valence-corrected chi connectivity index (χ3v) is 0.544. The van der Waals surface area contributed by atoms with Crippen LogP contribution >= 0.6 is 0 Å². The van der Waals surface area contributed by atoms with Gasteiger partial charge in [-0.15, -0.1) is 5.92 Å². The number of hydrogen-bond acceptors (Lipinski definition) is 0. The van der Waals surface area contributed by atoms with Crippen molar-refractivity contribution in [2.75, 3.05) is 0 Å². The Hall–Kier alpha value is -0.700. The second-order valence-electron chi connectivity index (χ2n) is 1.45. The zero-order valence-electron chi connectivity index (χ0n) is 4.78. The molecule has 0 N–H and O–H groups in total. The molecular weight excluding hydrogens is 84.1 g/mol. The minimum atomic E-state index is 0.733. The predicted molar refractivity (Wildman–Crippen MR) is 31.6 cm³/mol. The Morgan fingerprint density at radius 1 is 1.71 bits per heavy atom. The van der Waals surface area contributed by atoms with Crippen molar-refractivity contribution in [1.82, 2.24) is 0 Å². The highest BCUT2D eigenvalue weighted by Crippen LogP contribution is 1.89. The quantitative estimate of drug-likeness (QED) is 0.433. The van der Waals surface area contributed by atoms with Crippen LogP contribution in [0.4, 0.5) is 0 Å². The van der Waals surface area contributed by atoms with E-state index in [-0.39, 0.29) is 0 Å². The molecule has 0 atom stereocenters. The summed E-state index contributed by atoms with van der Waals surface area (Å²) in [6.07, 6.45) is 0.733. The van der Waals surface area contributed by atoms with Gasteiger partial charge in [0.15, 0.2) is 0 Å². The van der Waals surface area contributed by atoms with Crippen LogP contribution in [-0.2, 0) is 0 Å². The van der Waals surface area contributed by atoms with E-state index in [2.05, 4.69) is 11.8 Å². The maximum Gasteiger partial charge on any atom is 0.0299 e. The molecule has 0 unspecified atom stereocenters. The van der Waals surface area contributed by atoms with E-state index in [1.54, 1.807) is 0 Å². The van der Waals surface area contributed by atoms with Gasteiger partial charge in [-0.25, -0.2) is 0 Å². The summed E-state index contributed by atoms with van der Waals surface area (Å²) in [5.41, 5.74) is 0.884. The molecule has 0 aliphatic rings. The van der Waals surface area contributed by atoms with Gasteiger partial charge in [0.1, 0.15) is 0 Å². The molecule has 37 valence electrons. The van der Waals surface area contributed by atoms with Crippen molar-refractivity contribution in [3.05, 3.63) is 12.2 Å². The van der Waals surface area contributed by atoms with Crippen LogP contribution in [0.3, 0.4) is 0 Å². The van der Waals surface area contributed by atoms with Gasteiger partial charge in [-0.3, -0.25) is 0 Å². The van der Waals surface area contributed by atoms with Gasteiger partial charge >= 0.3 is 0 Å². The number of hydrogen-bond donors (Lipinski definition) is 0. The van der Waals surface area contributed by atoms with Crippen molar-refractivity contribution >= 4 is 0 Å². The minimum absolute atomic E-state index is 0.733. The zero-order valence-corrected chi connectivity index (χ0v) is 4.78. The van der Waals surface area contributed by atoms with Gasteiger partial charge in [-0.2, -0.15) is 0 Å².